The molecule has 2 rings (SSSR count). The number of hydrogen-bond acceptors (Lipinski definition) is 2. The van der Waals surface area contributed by atoms with Crippen LogP contribution in [0.4, 0.5) is 20.6 Å². The topological polar surface area (TPSA) is 70.2 Å². The van der Waals surface area contributed by atoms with E-state index in [1.807, 2.05) is 0 Å². The van der Waals surface area contributed by atoms with Gasteiger partial charge in [-0.15, -0.1) is 0 Å². The van der Waals surface area contributed by atoms with Crippen molar-refractivity contribution in [2.75, 3.05) is 10.6 Å². The Labute approximate surface area is 104 Å². The molecule has 3 amide bonds. The van der Waals surface area contributed by atoms with Gasteiger partial charge in [0.25, 0.3) is 0 Å². The number of hydrogen-bond donors (Lipinski definition) is 3. The maximum Gasteiger partial charge on any atom is 0.319 e. The molecule has 0 spiro atoms. The molecule has 1 aromatic carbocycles. The average Bonchev–Trinajstić information content (AvgIpc) is 2.56. The third-order valence-corrected chi connectivity index (χ3v) is 2.49. The molecular formula is C12H14FN3O2. The van der Waals surface area contributed by atoms with E-state index in [4.69, 9.17) is 0 Å². The van der Waals surface area contributed by atoms with Crippen LogP contribution in [-0.2, 0) is 11.2 Å². The van der Waals surface area contributed by atoms with Crippen LogP contribution in [0.15, 0.2) is 12.1 Å². The lowest BCUT2D eigenvalue weighted by Crippen LogP contribution is -2.34. The number of benzene rings is 1. The van der Waals surface area contributed by atoms with Crippen molar-refractivity contribution in [1.82, 2.24) is 5.32 Å². The molecule has 3 N–H and O–H groups in total. The van der Waals surface area contributed by atoms with E-state index in [2.05, 4.69) is 16.0 Å². The lowest BCUT2D eigenvalue weighted by atomic mass is 10.1. The maximum atomic E-state index is 13.7. The van der Waals surface area contributed by atoms with E-state index in [1.165, 1.54) is 12.1 Å². The maximum absolute atomic E-state index is 13.7. The van der Waals surface area contributed by atoms with Crippen LogP contribution in [0.1, 0.15) is 19.4 Å². The highest BCUT2D eigenvalue weighted by molar-refractivity contribution is 6.00. The smallest absolute Gasteiger partial charge is 0.319 e. The zero-order valence-electron chi connectivity index (χ0n) is 10.1. The molecule has 0 aliphatic carbocycles. The molecule has 1 heterocycles. The predicted octanol–water partition coefficient (Wildman–Crippen LogP) is 1.85. The normalized spacial score (nSPS) is 13.2. The van der Waals surface area contributed by atoms with Crippen molar-refractivity contribution in [3.05, 3.63) is 23.5 Å². The summed E-state index contributed by atoms with van der Waals surface area (Å²) < 4.78 is 13.7. The monoisotopic (exact) mass is 251 g/mol. The highest BCUT2D eigenvalue weighted by atomic mass is 19.1. The Balaban J connectivity index is 2.17. The van der Waals surface area contributed by atoms with Gasteiger partial charge < -0.3 is 16.0 Å². The molecule has 1 aromatic rings. The Hall–Kier alpha value is -2.11. The standard InChI is InChI=1S/C12H14FN3O2/c1-6(2)14-12(18)16-10-5-9-7(3-8(10)13)4-11(17)15-9/h3,5-6H,4H2,1-2H3,(H,15,17)(H2,14,16,18). The Kier molecular flexibility index (Phi) is 3.18. The fourth-order valence-electron chi connectivity index (χ4n) is 1.76. The molecule has 0 fully saturated rings. The van der Waals surface area contributed by atoms with Gasteiger partial charge in [-0.05, 0) is 31.5 Å². The van der Waals surface area contributed by atoms with Crippen LogP contribution in [0.2, 0.25) is 0 Å². The van der Waals surface area contributed by atoms with Crippen molar-refractivity contribution < 1.29 is 14.0 Å². The molecule has 0 aromatic heterocycles. The molecule has 0 bridgehead atoms. The first kappa shape index (κ1) is 12.3. The minimum absolute atomic E-state index is 0.0396. The van der Waals surface area contributed by atoms with Crippen molar-refractivity contribution in [2.45, 2.75) is 26.3 Å². The average molecular weight is 251 g/mol. The first-order chi connectivity index (χ1) is 8.45. The highest BCUT2D eigenvalue weighted by Gasteiger charge is 2.20. The summed E-state index contributed by atoms with van der Waals surface area (Å²) in [5.74, 6) is -0.725. The quantitative estimate of drug-likeness (QED) is 0.750. The third-order valence-electron chi connectivity index (χ3n) is 2.49. The number of fused-ring (bicyclic) bond motifs is 1. The van der Waals surface area contributed by atoms with E-state index < -0.39 is 11.8 Å². The summed E-state index contributed by atoms with van der Waals surface area (Å²) >= 11 is 0. The number of halogens is 1. The van der Waals surface area contributed by atoms with Crippen LogP contribution in [0.25, 0.3) is 0 Å². The van der Waals surface area contributed by atoms with Gasteiger partial charge in [0.05, 0.1) is 12.1 Å². The molecule has 6 heteroatoms. The SMILES string of the molecule is CC(C)NC(=O)Nc1cc2c(cc1F)CC(=O)N2. The molecule has 18 heavy (non-hydrogen) atoms. The molecule has 0 radical (unpaired) electrons. The highest BCUT2D eigenvalue weighted by Crippen LogP contribution is 2.28. The summed E-state index contributed by atoms with van der Waals surface area (Å²) in [6.07, 6.45) is 0.171. The second kappa shape index (κ2) is 4.64. The molecule has 5 nitrogen and oxygen atoms in total. The van der Waals surface area contributed by atoms with Crippen LogP contribution in [0, 0.1) is 5.82 Å². The van der Waals surface area contributed by atoms with Gasteiger partial charge >= 0.3 is 6.03 Å². The van der Waals surface area contributed by atoms with E-state index in [0.717, 1.165) is 0 Å². The zero-order chi connectivity index (χ0) is 13.3. The van der Waals surface area contributed by atoms with Gasteiger partial charge in [-0.25, -0.2) is 9.18 Å². The first-order valence-corrected chi connectivity index (χ1v) is 5.65. The number of anilines is 2. The fraction of sp³-hybridized carbons (Fsp3) is 0.333. The van der Waals surface area contributed by atoms with E-state index >= 15 is 0 Å². The predicted molar refractivity (Wildman–Crippen MR) is 66.0 cm³/mol. The van der Waals surface area contributed by atoms with Crippen LogP contribution < -0.4 is 16.0 Å². The molecular weight excluding hydrogens is 237 g/mol. The fourth-order valence-corrected chi connectivity index (χ4v) is 1.76. The van der Waals surface area contributed by atoms with E-state index in [1.54, 1.807) is 13.8 Å². The van der Waals surface area contributed by atoms with Crippen molar-refractivity contribution in [3.8, 4) is 0 Å². The molecule has 0 saturated heterocycles. The van der Waals surface area contributed by atoms with Crippen molar-refractivity contribution in [3.63, 3.8) is 0 Å². The number of rotatable bonds is 2. The molecule has 1 aliphatic heterocycles. The number of nitrogens with one attached hydrogen (secondary N) is 3. The lowest BCUT2D eigenvalue weighted by molar-refractivity contribution is -0.115. The number of urea groups is 1. The Morgan fingerprint density at radius 1 is 1.44 bits per heavy atom. The van der Waals surface area contributed by atoms with Gasteiger partial charge in [0.1, 0.15) is 5.82 Å². The van der Waals surface area contributed by atoms with Crippen LogP contribution in [-0.4, -0.2) is 18.0 Å². The van der Waals surface area contributed by atoms with Gasteiger partial charge in [-0.1, -0.05) is 0 Å². The van der Waals surface area contributed by atoms with Gasteiger partial charge in [0.15, 0.2) is 0 Å². The van der Waals surface area contributed by atoms with Crippen molar-refractivity contribution in [2.24, 2.45) is 0 Å². The summed E-state index contributed by atoms with van der Waals surface area (Å²) in [4.78, 5) is 22.6. The zero-order valence-corrected chi connectivity index (χ0v) is 10.1. The van der Waals surface area contributed by atoms with Crippen LogP contribution in [0.3, 0.4) is 0 Å². The first-order valence-electron chi connectivity index (χ1n) is 5.65. The second-order valence-corrected chi connectivity index (χ2v) is 4.47. The minimum Gasteiger partial charge on any atom is -0.336 e. The third kappa shape index (κ3) is 2.58. The largest absolute Gasteiger partial charge is 0.336 e. The van der Waals surface area contributed by atoms with Crippen molar-refractivity contribution >= 4 is 23.3 Å². The summed E-state index contributed by atoms with van der Waals surface area (Å²) in [7, 11) is 0. The minimum atomic E-state index is -0.552. The molecule has 0 saturated carbocycles. The van der Waals surface area contributed by atoms with Crippen molar-refractivity contribution in [1.29, 1.82) is 0 Å². The molecule has 0 atom stereocenters. The van der Waals surface area contributed by atoms with E-state index in [0.29, 0.717) is 11.3 Å². The van der Waals surface area contributed by atoms with Gasteiger partial charge in [0, 0.05) is 11.7 Å². The number of carbonyl (C=O) groups excluding carboxylic acids is 2. The molecule has 96 valence electrons. The molecule has 0 unspecified atom stereocenters. The van der Waals surface area contributed by atoms with E-state index in [-0.39, 0.29) is 24.1 Å². The number of amides is 3. The Morgan fingerprint density at radius 3 is 2.83 bits per heavy atom. The van der Waals surface area contributed by atoms with E-state index in [9.17, 15) is 14.0 Å². The number of carbonyl (C=O) groups is 2. The summed E-state index contributed by atoms with van der Waals surface area (Å²) in [6.45, 7) is 3.61. The van der Waals surface area contributed by atoms with Crippen LogP contribution >= 0.6 is 0 Å². The van der Waals surface area contributed by atoms with Crippen LogP contribution in [0.5, 0.6) is 0 Å². The summed E-state index contributed by atoms with van der Waals surface area (Å²) in [5, 5.41) is 7.60. The van der Waals surface area contributed by atoms with Gasteiger partial charge in [0.2, 0.25) is 5.91 Å². The van der Waals surface area contributed by atoms with Gasteiger partial charge in [-0.3, -0.25) is 4.79 Å². The molecule has 1 aliphatic rings. The Bertz CT molecular complexity index is 514. The Morgan fingerprint density at radius 2 is 2.17 bits per heavy atom. The summed E-state index contributed by atoms with van der Waals surface area (Å²) in [5.41, 5.74) is 1.20. The van der Waals surface area contributed by atoms with Gasteiger partial charge in [-0.2, -0.15) is 0 Å². The summed E-state index contributed by atoms with van der Waals surface area (Å²) in [6, 6.07) is 2.17. The lowest BCUT2D eigenvalue weighted by Gasteiger charge is -2.11. The second-order valence-electron chi connectivity index (χ2n) is 4.47.